The molecule has 3 fully saturated rings. The molecule has 4 aromatic rings. The van der Waals surface area contributed by atoms with Crippen molar-refractivity contribution in [2.45, 2.75) is 103 Å². The molecule has 1 aliphatic heterocycles. The number of nitrogens with one attached hydrogen (secondary N) is 1. The number of amides is 1. The molecule has 4 aromatic carbocycles. The molecule has 48 heavy (non-hydrogen) atoms. The van der Waals surface area contributed by atoms with Crippen molar-refractivity contribution in [3.8, 4) is 22.3 Å². The van der Waals surface area contributed by atoms with E-state index >= 15 is 0 Å². The van der Waals surface area contributed by atoms with Gasteiger partial charge in [-0.1, -0.05) is 160 Å². The average Bonchev–Trinajstić information content (AvgIpc) is 3.66. The molecule has 7 rings (SSSR count). The largest absolute Gasteiger partial charge is 0.382 e. The van der Waals surface area contributed by atoms with E-state index in [9.17, 15) is 4.79 Å². The second-order valence-corrected chi connectivity index (χ2v) is 12.4. The molecule has 1 heterocycles. The number of hydrogen-bond acceptors (Lipinski definition) is 3. The highest BCUT2D eigenvalue weighted by atomic mass is 16.5. The Morgan fingerprint density at radius 1 is 0.500 bits per heavy atom. The molecule has 0 radical (unpaired) electrons. The summed E-state index contributed by atoms with van der Waals surface area (Å²) in [6.45, 7) is 6.55. The molecule has 0 unspecified atom stereocenters. The van der Waals surface area contributed by atoms with Crippen LogP contribution in [-0.4, -0.2) is 37.9 Å². The minimum Gasteiger partial charge on any atom is -0.382 e. The zero-order chi connectivity index (χ0) is 33.9. The Kier molecular flexibility index (Phi) is 20.4. The second kappa shape index (κ2) is 25.3. The molecule has 0 spiro atoms. The minimum absolute atomic E-state index is 0.204. The molecule has 0 atom stereocenters. The van der Waals surface area contributed by atoms with Crippen LogP contribution in [-0.2, 0) is 14.3 Å². The Morgan fingerprint density at radius 3 is 1.04 bits per heavy atom. The average molecular weight is 650 g/mol. The summed E-state index contributed by atoms with van der Waals surface area (Å²) in [5.74, 6) is 0.204. The van der Waals surface area contributed by atoms with Gasteiger partial charge in [-0.05, 0) is 68.2 Å². The third-order valence-corrected chi connectivity index (χ3v) is 8.56. The van der Waals surface area contributed by atoms with Crippen molar-refractivity contribution in [1.29, 1.82) is 0 Å². The number of hydrogen-bond donors (Lipinski definition) is 1. The standard InChI is InChI=1S/C12H22O.2C12H10.C4H7NO.C4H10O/c1-3-7-11(8-4-1)13-12-9-5-2-6-10-12;2*1-3-7-11(8-4-1)12-9-5-2-6-10-12;6-4-2-1-3-5-4;1-3-5-4-2/h11-12H,1-10H2;2*1-10H;1-3H2,(H,5,6);3-4H2,1-2H3. The number of ether oxygens (including phenoxy) is 2. The number of rotatable bonds is 6. The highest BCUT2D eigenvalue weighted by molar-refractivity contribution is 5.77. The molecule has 4 heteroatoms. The fourth-order valence-electron chi connectivity index (χ4n) is 5.97. The predicted molar refractivity (Wildman–Crippen MR) is 203 cm³/mol. The molecule has 1 N–H and O–H groups in total. The lowest BCUT2D eigenvalue weighted by atomic mass is 9.95. The van der Waals surface area contributed by atoms with Gasteiger partial charge in [0, 0.05) is 26.2 Å². The van der Waals surface area contributed by atoms with E-state index in [0.717, 1.165) is 32.6 Å². The van der Waals surface area contributed by atoms with Gasteiger partial charge < -0.3 is 14.8 Å². The predicted octanol–water partition coefficient (Wildman–Crippen LogP) is 11.3. The van der Waals surface area contributed by atoms with Crippen LogP contribution in [0.3, 0.4) is 0 Å². The molecule has 4 nitrogen and oxygen atoms in total. The maximum absolute atomic E-state index is 10.1. The first-order chi connectivity index (χ1) is 23.7. The number of carbonyl (C=O) groups excluding carboxylic acids is 1. The molecular weight excluding hydrogens is 590 g/mol. The highest BCUT2D eigenvalue weighted by Crippen LogP contribution is 2.27. The first kappa shape index (κ1) is 38.7. The van der Waals surface area contributed by atoms with Crippen molar-refractivity contribution in [3.63, 3.8) is 0 Å². The van der Waals surface area contributed by atoms with E-state index in [1.807, 2.05) is 38.1 Å². The van der Waals surface area contributed by atoms with E-state index in [1.165, 1.54) is 86.5 Å². The topological polar surface area (TPSA) is 47.6 Å². The van der Waals surface area contributed by atoms with Crippen LogP contribution in [0, 0.1) is 0 Å². The lowest BCUT2D eigenvalue weighted by Crippen LogP contribution is -2.25. The maximum Gasteiger partial charge on any atom is 0.220 e. The fourth-order valence-corrected chi connectivity index (χ4v) is 5.97. The zero-order valence-corrected chi connectivity index (χ0v) is 29.5. The van der Waals surface area contributed by atoms with E-state index in [0.29, 0.717) is 12.2 Å². The van der Waals surface area contributed by atoms with Gasteiger partial charge in [0.2, 0.25) is 5.91 Å². The first-order valence-corrected chi connectivity index (χ1v) is 18.4. The molecule has 2 saturated carbocycles. The van der Waals surface area contributed by atoms with Crippen LogP contribution in [0.25, 0.3) is 22.3 Å². The van der Waals surface area contributed by atoms with Crippen molar-refractivity contribution < 1.29 is 14.3 Å². The summed E-state index contributed by atoms with van der Waals surface area (Å²) in [4.78, 5) is 10.1. The van der Waals surface area contributed by atoms with E-state index < -0.39 is 0 Å². The van der Waals surface area contributed by atoms with Crippen LogP contribution in [0.1, 0.15) is 90.9 Å². The van der Waals surface area contributed by atoms with Gasteiger partial charge in [0.05, 0.1) is 12.2 Å². The zero-order valence-electron chi connectivity index (χ0n) is 29.5. The Balaban J connectivity index is 0.000000170. The summed E-state index contributed by atoms with van der Waals surface area (Å²) < 4.78 is 11.0. The van der Waals surface area contributed by atoms with Crippen LogP contribution in [0.2, 0.25) is 0 Å². The lowest BCUT2D eigenvalue weighted by molar-refractivity contribution is -0.119. The SMILES string of the molecule is C1CCC(OC2CCCCC2)CC1.CCOCC.O=C1CCCN1.c1ccc(-c2ccccc2)cc1.c1ccc(-c2ccccc2)cc1. The van der Waals surface area contributed by atoms with Crippen molar-refractivity contribution in [2.24, 2.45) is 0 Å². The molecule has 0 aromatic heterocycles. The maximum atomic E-state index is 10.1. The Morgan fingerprint density at radius 2 is 0.833 bits per heavy atom. The molecule has 2 aliphatic carbocycles. The molecule has 3 aliphatic rings. The van der Waals surface area contributed by atoms with Gasteiger partial charge in [0.1, 0.15) is 0 Å². The van der Waals surface area contributed by atoms with Crippen LogP contribution in [0.4, 0.5) is 0 Å². The third kappa shape index (κ3) is 16.9. The van der Waals surface area contributed by atoms with Gasteiger partial charge in [0.15, 0.2) is 0 Å². The van der Waals surface area contributed by atoms with E-state index in [4.69, 9.17) is 9.47 Å². The van der Waals surface area contributed by atoms with E-state index in [2.05, 4.69) is 102 Å². The second-order valence-electron chi connectivity index (χ2n) is 12.4. The number of carbonyl (C=O) groups is 1. The molecule has 1 saturated heterocycles. The van der Waals surface area contributed by atoms with Crippen LogP contribution in [0.15, 0.2) is 121 Å². The summed E-state index contributed by atoms with van der Waals surface area (Å²) in [5.41, 5.74) is 5.10. The third-order valence-electron chi connectivity index (χ3n) is 8.56. The van der Waals surface area contributed by atoms with Gasteiger partial charge >= 0.3 is 0 Å². The van der Waals surface area contributed by atoms with Gasteiger partial charge in [-0.2, -0.15) is 0 Å². The Labute approximate surface area is 291 Å². The van der Waals surface area contributed by atoms with Gasteiger partial charge in [-0.15, -0.1) is 0 Å². The van der Waals surface area contributed by atoms with Crippen LogP contribution < -0.4 is 5.32 Å². The normalized spacial score (nSPS) is 15.8. The highest BCUT2D eigenvalue weighted by Gasteiger charge is 2.20. The minimum atomic E-state index is 0.204. The molecule has 258 valence electrons. The molecule has 0 bridgehead atoms. The summed E-state index contributed by atoms with van der Waals surface area (Å²) in [5, 5.41) is 2.68. The van der Waals surface area contributed by atoms with Crippen molar-refractivity contribution in [2.75, 3.05) is 19.8 Å². The summed E-state index contributed by atoms with van der Waals surface area (Å²) in [6.07, 6.45) is 16.8. The van der Waals surface area contributed by atoms with Crippen molar-refractivity contribution >= 4 is 5.91 Å². The summed E-state index contributed by atoms with van der Waals surface area (Å²) in [7, 11) is 0. The monoisotopic (exact) mass is 649 g/mol. The molecule has 1 amide bonds. The Hall–Kier alpha value is -3.73. The smallest absolute Gasteiger partial charge is 0.220 e. The van der Waals surface area contributed by atoms with Crippen molar-refractivity contribution in [1.82, 2.24) is 5.32 Å². The van der Waals surface area contributed by atoms with Gasteiger partial charge in [-0.3, -0.25) is 4.79 Å². The van der Waals surface area contributed by atoms with Gasteiger partial charge in [-0.25, -0.2) is 0 Å². The first-order valence-electron chi connectivity index (χ1n) is 18.4. The molecular formula is C44H59NO3. The quantitative estimate of drug-likeness (QED) is 0.226. The Bertz CT molecular complexity index is 1130. The lowest BCUT2D eigenvalue weighted by Gasteiger charge is -2.29. The number of benzene rings is 4. The van der Waals surface area contributed by atoms with Crippen molar-refractivity contribution in [3.05, 3.63) is 121 Å². The van der Waals surface area contributed by atoms with E-state index in [1.54, 1.807) is 0 Å². The van der Waals surface area contributed by atoms with Crippen LogP contribution >= 0.6 is 0 Å². The summed E-state index contributed by atoms with van der Waals surface area (Å²) in [6, 6.07) is 41.6. The summed E-state index contributed by atoms with van der Waals surface area (Å²) >= 11 is 0. The van der Waals surface area contributed by atoms with Gasteiger partial charge in [0.25, 0.3) is 0 Å². The van der Waals surface area contributed by atoms with Crippen LogP contribution in [0.5, 0.6) is 0 Å². The van der Waals surface area contributed by atoms with E-state index in [-0.39, 0.29) is 5.91 Å². The fraction of sp³-hybridized carbons (Fsp3) is 0.432.